The minimum Gasteiger partial charge on any atom is -0.505 e. The van der Waals surface area contributed by atoms with Gasteiger partial charge in [-0.3, -0.25) is 24.0 Å². The molecule has 0 radical (unpaired) electrons. The van der Waals surface area contributed by atoms with Crippen LogP contribution in [0.3, 0.4) is 0 Å². The van der Waals surface area contributed by atoms with Gasteiger partial charge in [-0.2, -0.15) is 26.3 Å². The summed E-state index contributed by atoms with van der Waals surface area (Å²) in [5.74, 6) is -6.37. The van der Waals surface area contributed by atoms with E-state index < -0.39 is 102 Å². The van der Waals surface area contributed by atoms with Crippen molar-refractivity contribution >= 4 is 40.4 Å². The molecule has 0 saturated carbocycles. The molecule has 4 fully saturated rings. The van der Waals surface area contributed by atoms with Crippen molar-refractivity contribution in [3.8, 4) is 28.6 Å². The summed E-state index contributed by atoms with van der Waals surface area (Å²) in [5, 5.41) is 72.1. The van der Waals surface area contributed by atoms with E-state index >= 15 is 0 Å². The minimum absolute atomic E-state index is 0.00301. The van der Waals surface area contributed by atoms with Crippen LogP contribution in [0, 0.1) is 5.82 Å². The largest absolute Gasteiger partial charge is 0.505 e. The van der Waals surface area contributed by atoms with Crippen molar-refractivity contribution in [3.63, 3.8) is 0 Å². The van der Waals surface area contributed by atoms with Gasteiger partial charge >= 0.3 is 24.2 Å². The number of halogens is 7. The number of carbonyl (C=O) groups is 5. The van der Waals surface area contributed by atoms with E-state index in [-0.39, 0.29) is 202 Å². The lowest BCUT2D eigenvalue weighted by atomic mass is 9.88. The lowest BCUT2D eigenvalue weighted by Crippen LogP contribution is -2.67. The van der Waals surface area contributed by atoms with E-state index in [9.17, 15) is 80.2 Å². The van der Waals surface area contributed by atoms with Crippen molar-refractivity contribution in [2.45, 2.75) is 104 Å². The molecule has 0 spiro atoms. The smallest absolute Gasteiger partial charge is 0.471 e. The molecule has 0 unspecified atom stereocenters. The number of alkyl halides is 6. The third-order valence-electron chi connectivity index (χ3n) is 16.3. The minimum atomic E-state index is -5.22. The number of pyridine rings is 1. The second-order valence-electron chi connectivity index (χ2n) is 24.2. The Morgan fingerprint density at radius 1 is 0.562 bits per heavy atom. The zero-order valence-corrected chi connectivity index (χ0v) is 56.7. The maximum Gasteiger partial charge on any atom is 0.471 e. The molecule has 586 valence electrons. The van der Waals surface area contributed by atoms with Crippen molar-refractivity contribution < 1.29 is 151 Å². The molecule has 4 aliphatic heterocycles. The second kappa shape index (κ2) is 41.2. The Hall–Kier alpha value is -7.27. The number of amides is 5. The molecule has 8 rings (SSSR count). The maximum absolute atomic E-state index is 14.0. The van der Waals surface area contributed by atoms with E-state index in [1.807, 2.05) is 6.07 Å². The van der Waals surface area contributed by atoms with Gasteiger partial charge in [0, 0.05) is 43.8 Å². The van der Waals surface area contributed by atoms with Crippen molar-refractivity contribution in [1.82, 2.24) is 46.6 Å². The lowest BCUT2D eigenvalue weighted by molar-refractivity contribution is -0.240. The van der Waals surface area contributed by atoms with E-state index in [1.54, 1.807) is 41.1 Å². The molecule has 4 saturated heterocycles. The summed E-state index contributed by atoms with van der Waals surface area (Å²) < 4.78 is 175. The Kier molecular flexibility index (Phi) is 32.7. The fourth-order valence-corrected chi connectivity index (χ4v) is 10.8. The Bertz CT molecular complexity index is 3270. The number of nitrogens with one attached hydrogen (secondary N) is 5. The lowest BCUT2D eigenvalue weighted by Gasteiger charge is -2.42. The Labute approximate surface area is 595 Å². The molecular formula is C64H86F7N9O25. The van der Waals surface area contributed by atoms with Crippen molar-refractivity contribution in [1.29, 1.82) is 0 Å². The fourth-order valence-electron chi connectivity index (χ4n) is 10.8. The first-order valence-corrected chi connectivity index (χ1v) is 33.5. The van der Waals surface area contributed by atoms with Crippen LogP contribution in [-0.2, 0) is 90.3 Å². The van der Waals surface area contributed by atoms with Gasteiger partial charge in [-0.05, 0) is 42.8 Å². The number of rotatable bonds is 48. The molecule has 2 aromatic carbocycles. The highest BCUT2D eigenvalue weighted by atomic mass is 19.4. The number of ether oxygens (including phenoxy) is 15. The highest BCUT2D eigenvalue weighted by Crippen LogP contribution is 2.39. The molecule has 105 heavy (non-hydrogen) atoms. The summed E-state index contributed by atoms with van der Waals surface area (Å²) in [6.07, 6.45) is -18.5. The fraction of sp³-hybridized carbons (Fsp3) is 0.656. The van der Waals surface area contributed by atoms with Gasteiger partial charge in [-0.25, -0.2) is 14.1 Å². The number of nitrogens with zero attached hydrogens (tertiary/aromatic N) is 4. The van der Waals surface area contributed by atoms with Gasteiger partial charge in [0.25, 0.3) is 0 Å². The zero-order chi connectivity index (χ0) is 75.4. The molecule has 10 N–H and O–H groups in total. The Morgan fingerprint density at radius 2 is 1.05 bits per heavy atom. The molecule has 4 aromatic rings. The predicted molar refractivity (Wildman–Crippen MR) is 341 cm³/mol. The number of phenolic OH excluding ortho intramolecular Hbond substituents is 1. The van der Waals surface area contributed by atoms with Crippen LogP contribution >= 0.6 is 0 Å². The number of phenols is 1. The SMILES string of the molecule is O=C(CCOCC(COCCC(=O)NCCOCCOCCOCCOC[C@@]12CO[C@@H](O1)[C@H](NC(=O)C(F)(F)F)[C@@H](O)[C@H]2O)NC(=O)CCCOc1ccc2nc(-c3cn(-c4ccc(O)c(F)c4)nn3)ccc2c1)NCCOCCOCCOCCOC[C@@]12CO[C@@H](O1)[C@H](NC(=O)C(F)(F)F)[C@@H](O)[C@H]2O. The number of carbonyl (C=O) groups excluding carboxylic acids is 5. The number of aromatic hydroxyl groups is 1. The van der Waals surface area contributed by atoms with Crippen LogP contribution in [0.5, 0.6) is 11.5 Å². The molecule has 5 amide bonds. The zero-order valence-electron chi connectivity index (χ0n) is 56.7. The average molecular weight is 1510 g/mol. The van der Waals surface area contributed by atoms with Gasteiger partial charge in [0.2, 0.25) is 17.7 Å². The van der Waals surface area contributed by atoms with Crippen LogP contribution in [0.1, 0.15) is 25.7 Å². The van der Waals surface area contributed by atoms with Gasteiger partial charge in [0.05, 0.1) is 181 Å². The molecule has 6 heterocycles. The van der Waals surface area contributed by atoms with Gasteiger partial charge in [-0.15, -0.1) is 5.10 Å². The van der Waals surface area contributed by atoms with Crippen LogP contribution in [0.2, 0.25) is 0 Å². The van der Waals surface area contributed by atoms with Crippen LogP contribution in [0.25, 0.3) is 28.0 Å². The number of hydrogen-bond acceptors (Lipinski definition) is 28. The summed E-state index contributed by atoms with van der Waals surface area (Å²) in [6.45, 7) is 1.54. The monoisotopic (exact) mass is 1510 g/mol. The number of fused-ring (bicyclic) bond motifs is 5. The van der Waals surface area contributed by atoms with Gasteiger partial charge in [0.15, 0.2) is 24.1 Å². The quantitative estimate of drug-likeness (QED) is 0.0186. The van der Waals surface area contributed by atoms with Gasteiger partial charge in [0.1, 0.15) is 59.1 Å². The molecule has 4 aliphatic rings. The molecule has 10 atom stereocenters. The highest BCUT2D eigenvalue weighted by molar-refractivity contribution is 5.83. The summed E-state index contributed by atoms with van der Waals surface area (Å²) in [5.41, 5.74) is -1.20. The van der Waals surface area contributed by atoms with Crippen LogP contribution in [0.4, 0.5) is 30.7 Å². The third kappa shape index (κ3) is 25.7. The first kappa shape index (κ1) is 83.4. The Balaban J connectivity index is 0.652. The van der Waals surface area contributed by atoms with Gasteiger partial charge in [-0.1, -0.05) is 11.3 Å². The number of hydrogen-bond donors (Lipinski definition) is 10. The number of aromatic nitrogens is 4. The van der Waals surface area contributed by atoms with E-state index in [0.717, 1.165) is 11.5 Å². The third-order valence-corrected chi connectivity index (χ3v) is 16.3. The Morgan fingerprint density at radius 3 is 1.53 bits per heavy atom. The summed E-state index contributed by atoms with van der Waals surface area (Å²) >= 11 is 0. The van der Waals surface area contributed by atoms with Crippen LogP contribution in [0.15, 0.2) is 54.7 Å². The maximum atomic E-state index is 14.0. The normalized spacial score (nSPS) is 22.9. The van der Waals surface area contributed by atoms with Gasteiger partial charge < -0.3 is 123 Å². The average Bonchev–Trinajstić information content (AvgIpc) is 1.63. The molecule has 2 aromatic heterocycles. The summed E-state index contributed by atoms with van der Waals surface area (Å²) in [6, 6.07) is 8.73. The molecule has 41 heteroatoms. The van der Waals surface area contributed by atoms with Crippen molar-refractivity contribution in [2.75, 3.05) is 165 Å². The number of aliphatic hydroxyl groups is 4. The van der Waals surface area contributed by atoms with E-state index in [0.29, 0.717) is 34.8 Å². The summed E-state index contributed by atoms with van der Waals surface area (Å²) in [7, 11) is 0. The van der Waals surface area contributed by atoms with E-state index in [2.05, 4.69) is 31.2 Å². The second-order valence-corrected chi connectivity index (χ2v) is 24.2. The molecule has 34 nitrogen and oxygen atoms in total. The van der Waals surface area contributed by atoms with Crippen LogP contribution < -0.4 is 31.3 Å². The molecule has 4 bridgehead atoms. The number of aliphatic hydroxyl groups excluding tert-OH is 4. The van der Waals surface area contributed by atoms with Crippen LogP contribution in [-0.4, -0.2) is 319 Å². The molecule has 0 aliphatic carbocycles. The van der Waals surface area contributed by atoms with Crippen molar-refractivity contribution in [2.24, 2.45) is 0 Å². The van der Waals surface area contributed by atoms with Crippen molar-refractivity contribution in [3.05, 3.63) is 60.5 Å². The first-order chi connectivity index (χ1) is 50.3. The van der Waals surface area contributed by atoms with E-state index in [1.165, 1.54) is 16.8 Å². The van der Waals surface area contributed by atoms with E-state index in [4.69, 9.17) is 71.1 Å². The molecular weight excluding hydrogens is 1430 g/mol. The standard InChI is InChI=1S/C64H86F7N9O25/c65-43-31-41(4-8-47(43)81)80-32-46(78-79-80)45-6-3-39-30-42(5-7-44(39)75-45)101-13-1-2-50(84)74-40(33-97-14-9-48(82)72-11-16-91-18-20-93-22-24-95-26-28-99-35-61-37-102-57(104-61)51(53(85)55(61)87)76-59(89)63(66,67)68)34-98-15-10-49(83)73-12-17-92-19-21-94-23-25-96-27-29-100-36-62-38-103-58(105-62)52(54(86)56(62)88)77-60(90)64(69,70)71/h3-8,30-32,40,51-58,81,85-88H,1-2,9-29,33-38H2,(H,72,82)(H,73,83)(H,74,84)(H,76,89)(H,77,90)/t51-,52-,53-,54-,55-,56-,57+,58+,61+,62+/m1/s1. The highest BCUT2D eigenvalue weighted by Gasteiger charge is 2.62. The number of benzene rings is 2. The first-order valence-electron chi connectivity index (χ1n) is 33.5. The topological polar surface area (TPSA) is 429 Å². The summed E-state index contributed by atoms with van der Waals surface area (Å²) in [4.78, 5) is 65.9. The predicted octanol–water partition coefficient (Wildman–Crippen LogP) is -1.06.